The lowest BCUT2D eigenvalue weighted by molar-refractivity contribution is -0.192. The Kier molecular flexibility index (Phi) is 7.50. The second-order valence-electron chi connectivity index (χ2n) is 9.61. The Morgan fingerprint density at radius 1 is 1.21 bits per heavy atom. The van der Waals surface area contributed by atoms with Gasteiger partial charge in [-0.2, -0.15) is 18.2 Å². The van der Waals surface area contributed by atoms with E-state index in [-0.39, 0.29) is 28.5 Å². The zero-order valence-electron chi connectivity index (χ0n) is 19.0. The van der Waals surface area contributed by atoms with E-state index >= 15 is 0 Å². The van der Waals surface area contributed by atoms with Crippen LogP contribution >= 0.6 is 0 Å². The quantitative estimate of drug-likeness (QED) is 0.701. The summed E-state index contributed by atoms with van der Waals surface area (Å²) in [4.78, 5) is 40.7. The van der Waals surface area contributed by atoms with Crippen LogP contribution in [0.15, 0.2) is 11.0 Å². The summed E-state index contributed by atoms with van der Waals surface area (Å²) >= 11 is 0. The maximum absolute atomic E-state index is 12.6. The van der Waals surface area contributed by atoms with Crippen LogP contribution in [0, 0.1) is 5.41 Å². The van der Waals surface area contributed by atoms with Gasteiger partial charge in [0.2, 0.25) is 0 Å². The van der Waals surface area contributed by atoms with Crippen LogP contribution in [0.4, 0.5) is 13.2 Å². The number of halogens is 3. The normalized spacial score (nSPS) is 23.3. The maximum Gasteiger partial charge on any atom is 0.490 e. The number of alkyl halides is 3. The predicted molar refractivity (Wildman–Crippen MR) is 114 cm³/mol. The number of hydrogen-bond acceptors (Lipinski definition) is 5. The molecule has 1 unspecified atom stereocenters. The topological polar surface area (TPSA) is 105 Å². The zero-order valence-corrected chi connectivity index (χ0v) is 19.0. The number of likely N-dealkylation sites (tertiary alicyclic amines) is 1. The van der Waals surface area contributed by atoms with E-state index in [0.717, 1.165) is 64.0 Å². The highest BCUT2D eigenvalue weighted by Crippen LogP contribution is 2.40. The number of carboxylic acid groups (broad SMARTS) is 1. The van der Waals surface area contributed by atoms with Gasteiger partial charge in [0.15, 0.2) is 0 Å². The van der Waals surface area contributed by atoms with Crippen LogP contribution in [0.5, 0.6) is 0 Å². The fraction of sp³-hybridized carbons (Fsp3) is 0.727. The molecular formula is C22H31F3N4O4. The second kappa shape index (κ2) is 9.82. The summed E-state index contributed by atoms with van der Waals surface area (Å²) in [6.45, 7) is 7.48. The molecule has 11 heteroatoms. The maximum atomic E-state index is 12.6. The molecule has 3 heterocycles. The van der Waals surface area contributed by atoms with E-state index in [1.807, 2.05) is 0 Å². The molecule has 1 amide bonds. The molecule has 1 atom stereocenters. The Hall–Kier alpha value is -2.43. The molecule has 0 radical (unpaired) electrons. The molecule has 1 aromatic heterocycles. The molecule has 33 heavy (non-hydrogen) atoms. The summed E-state index contributed by atoms with van der Waals surface area (Å²) < 4.78 is 33.8. The third kappa shape index (κ3) is 6.13. The molecule has 3 aliphatic rings. The Morgan fingerprint density at radius 3 is 2.39 bits per heavy atom. The van der Waals surface area contributed by atoms with Gasteiger partial charge in [0.25, 0.3) is 11.5 Å². The first-order valence-corrected chi connectivity index (χ1v) is 11.4. The Balaban J connectivity index is 0.000000383. The number of carboxylic acids is 1. The minimum atomic E-state index is -5.08. The average Bonchev–Trinajstić information content (AvgIpc) is 3.30. The molecule has 1 saturated heterocycles. The van der Waals surface area contributed by atoms with Gasteiger partial charge in [-0.1, -0.05) is 19.3 Å². The van der Waals surface area contributed by atoms with Crippen molar-refractivity contribution < 1.29 is 27.9 Å². The van der Waals surface area contributed by atoms with Gasteiger partial charge in [0.05, 0.1) is 0 Å². The van der Waals surface area contributed by atoms with Crippen LogP contribution in [0.25, 0.3) is 0 Å². The summed E-state index contributed by atoms with van der Waals surface area (Å²) in [6, 6.07) is 0.748. The van der Waals surface area contributed by atoms with Crippen LogP contribution in [0.1, 0.15) is 68.6 Å². The Labute approximate surface area is 190 Å². The number of aromatic nitrogens is 2. The number of hydrogen-bond donors (Lipinski definition) is 2. The van der Waals surface area contributed by atoms with Gasteiger partial charge in [-0.3, -0.25) is 9.59 Å². The van der Waals surface area contributed by atoms with E-state index in [1.165, 1.54) is 6.42 Å². The minimum absolute atomic E-state index is 0.176. The molecule has 0 bridgehead atoms. The Morgan fingerprint density at radius 2 is 1.85 bits per heavy atom. The van der Waals surface area contributed by atoms with Crippen molar-refractivity contribution in [3.8, 4) is 0 Å². The van der Waals surface area contributed by atoms with Crippen LogP contribution in [0.3, 0.4) is 0 Å². The SMILES string of the molecule is CC(C)N1CCC2(Cc3nc(=O)c(C(=O)NC4CCCCC4)cn3C2)C1.O=C(O)C(F)(F)F. The van der Waals surface area contributed by atoms with Gasteiger partial charge >= 0.3 is 12.1 Å². The first-order chi connectivity index (χ1) is 15.4. The van der Waals surface area contributed by atoms with E-state index in [4.69, 9.17) is 9.90 Å². The van der Waals surface area contributed by atoms with Gasteiger partial charge < -0.3 is 19.9 Å². The van der Waals surface area contributed by atoms with Gasteiger partial charge in [0, 0.05) is 43.2 Å². The number of fused-ring (bicyclic) bond motifs is 1. The molecule has 8 nitrogen and oxygen atoms in total. The molecule has 1 saturated carbocycles. The van der Waals surface area contributed by atoms with Crippen molar-refractivity contribution in [3.05, 3.63) is 27.9 Å². The number of aliphatic carboxylic acids is 1. The third-order valence-electron chi connectivity index (χ3n) is 6.74. The number of rotatable bonds is 3. The fourth-order valence-electron chi connectivity index (χ4n) is 4.91. The lowest BCUT2D eigenvalue weighted by Gasteiger charge is -2.25. The van der Waals surface area contributed by atoms with Gasteiger partial charge in [0.1, 0.15) is 11.4 Å². The molecule has 4 rings (SSSR count). The summed E-state index contributed by atoms with van der Waals surface area (Å²) in [5.74, 6) is -2.16. The minimum Gasteiger partial charge on any atom is -0.475 e. The van der Waals surface area contributed by atoms with Crippen LogP contribution in [0.2, 0.25) is 0 Å². The smallest absolute Gasteiger partial charge is 0.475 e. The molecule has 1 aliphatic carbocycles. The van der Waals surface area contributed by atoms with Crippen molar-refractivity contribution >= 4 is 11.9 Å². The van der Waals surface area contributed by atoms with Crippen molar-refractivity contribution in [2.45, 2.75) is 83.6 Å². The standard InChI is InChI=1S/C20H30N4O2.C2HF3O2/c1-14(2)23-9-8-20(12-23)10-17-22-19(26)16(11-24(17)13-20)18(25)21-15-6-4-3-5-7-15;3-2(4,5)1(6)7/h11,14-15H,3-10,12-13H2,1-2H3,(H,21,25);(H,6,7). The van der Waals surface area contributed by atoms with E-state index in [9.17, 15) is 22.8 Å². The highest BCUT2D eigenvalue weighted by atomic mass is 19.4. The van der Waals surface area contributed by atoms with E-state index in [0.29, 0.717) is 6.04 Å². The monoisotopic (exact) mass is 472 g/mol. The van der Waals surface area contributed by atoms with Gasteiger partial charge in [-0.15, -0.1) is 0 Å². The van der Waals surface area contributed by atoms with E-state index in [2.05, 4.69) is 33.6 Å². The number of nitrogens with zero attached hydrogens (tertiary/aromatic N) is 3. The van der Waals surface area contributed by atoms with Crippen molar-refractivity contribution in [1.82, 2.24) is 19.8 Å². The first kappa shape index (κ1) is 25.2. The van der Waals surface area contributed by atoms with Crippen LogP contribution in [-0.2, 0) is 17.8 Å². The molecular weight excluding hydrogens is 441 g/mol. The summed E-state index contributed by atoms with van der Waals surface area (Å²) in [5, 5.41) is 10.2. The van der Waals surface area contributed by atoms with Gasteiger partial charge in [-0.25, -0.2) is 4.79 Å². The lowest BCUT2D eigenvalue weighted by Crippen LogP contribution is -2.39. The largest absolute Gasteiger partial charge is 0.490 e. The van der Waals surface area contributed by atoms with Crippen molar-refractivity contribution in [2.75, 3.05) is 13.1 Å². The first-order valence-electron chi connectivity index (χ1n) is 11.4. The molecule has 1 spiro atoms. The van der Waals surface area contributed by atoms with Gasteiger partial charge in [-0.05, 0) is 39.7 Å². The summed E-state index contributed by atoms with van der Waals surface area (Å²) in [5.41, 5.74) is 0.00485. The molecule has 2 fully saturated rings. The lowest BCUT2D eigenvalue weighted by atomic mass is 9.86. The van der Waals surface area contributed by atoms with E-state index in [1.54, 1.807) is 6.20 Å². The third-order valence-corrected chi connectivity index (χ3v) is 6.74. The van der Waals surface area contributed by atoms with E-state index < -0.39 is 12.1 Å². The molecule has 2 aliphatic heterocycles. The number of amides is 1. The fourth-order valence-corrected chi connectivity index (χ4v) is 4.91. The summed E-state index contributed by atoms with van der Waals surface area (Å²) in [6.07, 6.45) is 4.23. The number of carbonyl (C=O) groups is 2. The predicted octanol–water partition coefficient (Wildman–Crippen LogP) is 2.60. The molecule has 1 aromatic rings. The molecule has 184 valence electrons. The highest BCUT2D eigenvalue weighted by Gasteiger charge is 2.44. The van der Waals surface area contributed by atoms with Crippen LogP contribution in [-0.4, -0.2) is 62.8 Å². The van der Waals surface area contributed by atoms with Crippen molar-refractivity contribution in [3.63, 3.8) is 0 Å². The second-order valence-corrected chi connectivity index (χ2v) is 9.61. The average molecular weight is 473 g/mol. The van der Waals surface area contributed by atoms with Crippen molar-refractivity contribution in [1.29, 1.82) is 0 Å². The van der Waals surface area contributed by atoms with Crippen LogP contribution < -0.4 is 10.9 Å². The highest BCUT2D eigenvalue weighted by molar-refractivity contribution is 5.93. The number of carbonyl (C=O) groups excluding carboxylic acids is 1. The Bertz CT molecular complexity index is 941. The summed E-state index contributed by atoms with van der Waals surface area (Å²) in [7, 11) is 0. The van der Waals surface area contributed by atoms with Crippen molar-refractivity contribution in [2.24, 2.45) is 5.41 Å². The number of nitrogens with one attached hydrogen (secondary N) is 1. The zero-order chi connectivity index (χ0) is 24.4. The molecule has 0 aromatic carbocycles. The molecule has 2 N–H and O–H groups in total.